The number of hydrogen-bond donors (Lipinski definition) is 3. The molecule has 0 fully saturated rings. The van der Waals surface area contributed by atoms with Crippen LogP contribution in [0.3, 0.4) is 0 Å². The molecule has 0 radical (unpaired) electrons. The van der Waals surface area contributed by atoms with Crippen molar-refractivity contribution in [1.29, 1.82) is 0 Å². The van der Waals surface area contributed by atoms with Gasteiger partial charge >= 0.3 is 5.97 Å². The first-order valence-corrected chi connectivity index (χ1v) is 31.3. The predicted molar refractivity (Wildman–Crippen MR) is 306 cm³/mol. The van der Waals surface area contributed by atoms with Crippen LogP contribution in [0.15, 0.2) is 36.5 Å². The quantitative estimate of drug-likeness (QED) is 0.0321. The van der Waals surface area contributed by atoms with Gasteiger partial charge in [0.25, 0.3) is 0 Å². The Morgan fingerprint density at radius 1 is 0.386 bits per heavy atom. The number of unbranched alkanes of at least 4 members (excludes halogenated alkanes) is 43. The summed E-state index contributed by atoms with van der Waals surface area (Å²) < 4.78 is 5.48. The predicted octanol–water partition coefficient (Wildman–Crippen LogP) is 19.6. The third kappa shape index (κ3) is 55.4. The Morgan fingerprint density at radius 3 is 1.01 bits per heavy atom. The molecule has 6 nitrogen and oxygen atoms in total. The highest BCUT2D eigenvalue weighted by Crippen LogP contribution is 2.17. The lowest BCUT2D eigenvalue weighted by atomic mass is 10.0. The lowest BCUT2D eigenvalue weighted by molar-refractivity contribution is -0.143. The number of nitrogens with one attached hydrogen (secondary N) is 1. The molecule has 0 rings (SSSR count). The van der Waals surface area contributed by atoms with Gasteiger partial charge in [0.05, 0.1) is 25.4 Å². The van der Waals surface area contributed by atoms with E-state index in [1.54, 1.807) is 6.08 Å². The molecule has 0 aliphatic carbocycles. The van der Waals surface area contributed by atoms with Crippen LogP contribution in [-0.2, 0) is 14.3 Å². The van der Waals surface area contributed by atoms with Crippen molar-refractivity contribution >= 4 is 11.9 Å². The first-order chi connectivity index (χ1) is 34.5. The van der Waals surface area contributed by atoms with Gasteiger partial charge in [0.2, 0.25) is 5.91 Å². The molecule has 0 aliphatic rings. The third-order valence-electron chi connectivity index (χ3n) is 14.4. The SMILES string of the molecule is CCCCCCCCC/C=C\CCCCCCCCCC(=O)OCCCCCCCC/C=C\CCCCCCCCCC(=O)NC(CO)C(O)/C=C/CCCCCCCCCCCCCCCCCC. The first kappa shape index (κ1) is 68.1. The van der Waals surface area contributed by atoms with E-state index in [-0.39, 0.29) is 18.5 Å². The molecule has 0 saturated heterocycles. The zero-order valence-corrected chi connectivity index (χ0v) is 47.0. The maximum Gasteiger partial charge on any atom is 0.305 e. The summed E-state index contributed by atoms with van der Waals surface area (Å²) in [5.74, 6) is -0.0837. The molecular formula is C64H121NO5. The summed E-state index contributed by atoms with van der Waals surface area (Å²) in [4.78, 5) is 24.6. The van der Waals surface area contributed by atoms with Gasteiger partial charge in [-0.15, -0.1) is 0 Å². The number of esters is 1. The largest absolute Gasteiger partial charge is 0.466 e. The van der Waals surface area contributed by atoms with Gasteiger partial charge in [0.15, 0.2) is 0 Å². The normalized spacial score (nSPS) is 12.8. The number of rotatable bonds is 58. The lowest BCUT2D eigenvalue weighted by Crippen LogP contribution is -2.45. The molecule has 2 unspecified atom stereocenters. The summed E-state index contributed by atoms with van der Waals surface area (Å²) in [6.07, 6.45) is 74.6. The minimum atomic E-state index is -0.853. The fourth-order valence-electron chi connectivity index (χ4n) is 9.57. The van der Waals surface area contributed by atoms with Gasteiger partial charge < -0.3 is 20.3 Å². The standard InChI is InChI=1S/C64H121NO5/c1-3-5-7-9-11-13-15-17-19-21-24-28-32-36-40-44-48-52-56-62(67)61(60-66)65-63(68)57-53-49-45-41-37-33-29-25-23-27-31-35-39-43-47-51-55-59-70-64(69)58-54-50-46-42-38-34-30-26-22-20-18-16-14-12-10-8-6-4-2/h20,22-23,27,52,56,61-62,66-67H,3-19,21,24-26,28-51,53-55,57-60H2,1-2H3,(H,65,68)/b22-20-,27-23-,56-52+. The highest BCUT2D eigenvalue weighted by Gasteiger charge is 2.18. The summed E-state index contributed by atoms with van der Waals surface area (Å²) in [6, 6.07) is -0.638. The van der Waals surface area contributed by atoms with Crippen LogP contribution >= 0.6 is 0 Å². The number of ether oxygens (including phenoxy) is 1. The van der Waals surface area contributed by atoms with E-state index < -0.39 is 12.1 Å². The molecule has 0 spiro atoms. The number of carbonyl (C=O) groups excluding carboxylic acids is 2. The van der Waals surface area contributed by atoms with Crippen LogP contribution in [0.4, 0.5) is 0 Å². The molecule has 0 aromatic heterocycles. The Bertz CT molecular complexity index is 1130. The second-order valence-corrected chi connectivity index (χ2v) is 21.4. The van der Waals surface area contributed by atoms with Crippen LogP contribution in [0.2, 0.25) is 0 Å². The van der Waals surface area contributed by atoms with Gasteiger partial charge in [0.1, 0.15) is 0 Å². The molecule has 3 N–H and O–H groups in total. The van der Waals surface area contributed by atoms with E-state index in [9.17, 15) is 19.8 Å². The zero-order valence-electron chi connectivity index (χ0n) is 47.0. The van der Waals surface area contributed by atoms with Crippen molar-refractivity contribution < 1.29 is 24.5 Å². The third-order valence-corrected chi connectivity index (χ3v) is 14.4. The molecule has 0 aliphatic heterocycles. The Hall–Kier alpha value is -1.92. The molecule has 0 saturated carbocycles. The van der Waals surface area contributed by atoms with Crippen molar-refractivity contribution in [3.63, 3.8) is 0 Å². The van der Waals surface area contributed by atoms with E-state index >= 15 is 0 Å². The van der Waals surface area contributed by atoms with Crippen molar-refractivity contribution in [3.05, 3.63) is 36.5 Å². The van der Waals surface area contributed by atoms with E-state index in [0.29, 0.717) is 19.4 Å². The molecule has 0 heterocycles. The van der Waals surface area contributed by atoms with Gasteiger partial charge in [-0.05, 0) is 83.5 Å². The van der Waals surface area contributed by atoms with E-state index in [1.165, 1.54) is 250 Å². The van der Waals surface area contributed by atoms with Crippen LogP contribution in [0, 0.1) is 0 Å². The summed E-state index contributed by atoms with van der Waals surface area (Å²) in [7, 11) is 0. The van der Waals surface area contributed by atoms with Gasteiger partial charge in [-0.25, -0.2) is 0 Å². The van der Waals surface area contributed by atoms with Crippen LogP contribution < -0.4 is 5.32 Å². The van der Waals surface area contributed by atoms with Crippen LogP contribution in [0.25, 0.3) is 0 Å². The number of hydrogen-bond acceptors (Lipinski definition) is 5. The highest BCUT2D eigenvalue weighted by molar-refractivity contribution is 5.76. The smallest absolute Gasteiger partial charge is 0.305 e. The van der Waals surface area contributed by atoms with Crippen molar-refractivity contribution in [2.75, 3.05) is 13.2 Å². The molecule has 70 heavy (non-hydrogen) atoms. The lowest BCUT2D eigenvalue weighted by Gasteiger charge is -2.20. The number of aliphatic hydroxyl groups excluding tert-OH is 2. The van der Waals surface area contributed by atoms with Gasteiger partial charge in [-0.3, -0.25) is 9.59 Å². The van der Waals surface area contributed by atoms with E-state index in [1.807, 2.05) is 6.08 Å². The first-order valence-electron chi connectivity index (χ1n) is 31.3. The molecule has 0 aromatic rings. The number of amides is 1. The summed E-state index contributed by atoms with van der Waals surface area (Å²) in [5.41, 5.74) is 0. The van der Waals surface area contributed by atoms with Crippen molar-refractivity contribution in [3.8, 4) is 0 Å². The van der Waals surface area contributed by atoms with Crippen LogP contribution in [0.5, 0.6) is 0 Å². The maximum absolute atomic E-state index is 12.5. The van der Waals surface area contributed by atoms with Gasteiger partial charge in [0, 0.05) is 12.8 Å². The Balaban J connectivity index is 3.47. The Kier molecular flexibility index (Phi) is 58.0. The van der Waals surface area contributed by atoms with Crippen molar-refractivity contribution in [2.24, 2.45) is 0 Å². The minimum Gasteiger partial charge on any atom is -0.466 e. The van der Waals surface area contributed by atoms with Crippen molar-refractivity contribution in [1.82, 2.24) is 5.32 Å². The van der Waals surface area contributed by atoms with E-state index in [2.05, 4.69) is 43.5 Å². The average Bonchev–Trinajstić information content (AvgIpc) is 3.36. The van der Waals surface area contributed by atoms with Crippen LogP contribution in [-0.4, -0.2) is 47.4 Å². The van der Waals surface area contributed by atoms with E-state index in [0.717, 1.165) is 57.8 Å². The molecule has 1 amide bonds. The zero-order chi connectivity index (χ0) is 50.7. The van der Waals surface area contributed by atoms with E-state index in [4.69, 9.17) is 4.74 Å². The monoisotopic (exact) mass is 984 g/mol. The van der Waals surface area contributed by atoms with Gasteiger partial charge in [-0.2, -0.15) is 0 Å². The second kappa shape index (κ2) is 59.6. The molecular weight excluding hydrogens is 863 g/mol. The highest BCUT2D eigenvalue weighted by atomic mass is 16.5. The fraction of sp³-hybridized carbons (Fsp3) is 0.875. The molecule has 6 heteroatoms. The molecule has 412 valence electrons. The van der Waals surface area contributed by atoms with Crippen LogP contribution in [0.1, 0.15) is 335 Å². The fourth-order valence-corrected chi connectivity index (χ4v) is 9.57. The summed E-state index contributed by atoms with van der Waals surface area (Å²) >= 11 is 0. The van der Waals surface area contributed by atoms with Crippen molar-refractivity contribution in [2.45, 2.75) is 347 Å². The Morgan fingerprint density at radius 2 is 0.671 bits per heavy atom. The minimum absolute atomic E-state index is 0.00543. The second-order valence-electron chi connectivity index (χ2n) is 21.4. The number of aliphatic hydroxyl groups is 2. The molecule has 0 bridgehead atoms. The number of allylic oxidation sites excluding steroid dienone is 5. The van der Waals surface area contributed by atoms with Gasteiger partial charge in [-0.1, -0.05) is 275 Å². The maximum atomic E-state index is 12.5. The molecule has 2 atom stereocenters. The Labute approximate surface area is 436 Å². The summed E-state index contributed by atoms with van der Waals surface area (Å²) in [6.45, 7) is 4.90. The topological polar surface area (TPSA) is 95.9 Å². The number of carbonyl (C=O) groups is 2. The average molecular weight is 985 g/mol. The summed E-state index contributed by atoms with van der Waals surface area (Å²) in [5, 5.41) is 23.2. The molecule has 0 aromatic carbocycles.